The Morgan fingerprint density at radius 3 is 2.75 bits per heavy atom. The standard InChI is InChI=1S/C20H30N2O5S/c1-15-12-22(16(2)14-23)28(24,25)20-9-8-17(7-6-10-26-5)11-18(20)27-19(15)13-21(3)4/h8-9,11,15-16,19,23H,10,12-14H2,1-5H3/t15-,16+,19-/m1/s1. The van der Waals surface area contributed by atoms with E-state index in [-0.39, 0.29) is 35.8 Å². The van der Waals surface area contributed by atoms with Crippen LogP contribution in [-0.4, -0.2) is 82.4 Å². The molecule has 0 saturated heterocycles. The summed E-state index contributed by atoms with van der Waals surface area (Å²) >= 11 is 0. The molecule has 0 saturated carbocycles. The van der Waals surface area contributed by atoms with E-state index in [0.717, 1.165) is 0 Å². The van der Waals surface area contributed by atoms with Gasteiger partial charge in [0.1, 0.15) is 23.4 Å². The van der Waals surface area contributed by atoms with Crippen molar-refractivity contribution >= 4 is 10.0 Å². The van der Waals surface area contributed by atoms with Crippen LogP contribution in [0.25, 0.3) is 0 Å². The van der Waals surface area contributed by atoms with Gasteiger partial charge < -0.3 is 19.5 Å². The Morgan fingerprint density at radius 1 is 1.43 bits per heavy atom. The molecular formula is C20H30N2O5S. The predicted octanol–water partition coefficient (Wildman–Crippen LogP) is 1.01. The van der Waals surface area contributed by atoms with Crippen LogP contribution in [0, 0.1) is 17.8 Å². The molecule has 0 amide bonds. The Balaban J connectivity index is 2.57. The minimum atomic E-state index is -3.82. The maximum absolute atomic E-state index is 13.3. The summed E-state index contributed by atoms with van der Waals surface area (Å²) in [6.45, 7) is 4.63. The van der Waals surface area contributed by atoms with Crippen molar-refractivity contribution in [1.29, 1.82) is 0 Å². The Bertz CT molecular complexity index is 829. The molecule has 0 bridgehead atoms. The van der Waals surface area contributed by atoms with Crippen LogP contribution in [0.2, 0.25) is 0 Å². The molecule has 0 aromatic heterocycles. The molecule has 1 aliphatic rings. The van der Waals surface area contributed by atoms with Crippen LogP contribution in [0.15, 0.2) is 23.1 Å². The average Bonchev–Trinajstić information content (AvgIpc) is 2.63. The molecule has 1 aliphatic heterocycles. The van der Waals surface area contributed by atoms with Crippen molar-refractivity contribution in [3.8, 4) is 17.6 Å². The van der Waals surface area contributed by atoms with Gasteiger partial charge in [-0.3, -0.25) is 0 Å². The summed E-state index contributed by atoms with van der Waals surface area (Å²) in [5.74, 6) is 6.05. The lowest BCUT2D eigenvalue weighted by Crippen LogP contribution is -2.49. The zero-order chi connectivity index (χ0) is 20.9. The van der Waals surface area contributed by atoms with Gasteiger partial charge >= 0.3 is 0 Å². The molecule has 3 atom stereocenters. The molecule has 0 aliphatic carbocycles. The van der Waals surface area contributed by atoms with E-state index >= 15 is 0 Å². The van der Waals surface area contributed by atoms with E-state index < -0.39 is 16.1 Å². The second kappa shape index (κ2) is 9.72. The molecule has 156 valence electrons. The number of aliphatic hydroxyl groups is 1. The zero-order valence-electron chi connectivity index (χ0n) is 17.2. The normalized spacial score (nSPS) is 23.0. The minimum Gasteiger partial charge on any atom is -0.487 e. The zero-order valence-corrected chi connectivity index (χ0v) is 18.0. The van der Waals surface area contributed by atoms with E-state index in [4.69, 9.17) is 9.47 Å². The van der Waals surface area contributed by atoms with Gasteiger partial charge in [0.25, 0.3) is 0 Å². The van der Waals surface area contributed by atoms with Crippen LogP contribution in [0.5, 0.6) is 5.75 Å². The number of likely N-dealkylation sites (N-methyl/N-ethyl adjacent to an activating group) is 1. The lowest BCUT2D eigenvalue weighted by Gasteiger charge is -2.37. The fraction of sp³-hybridized carbons (Fsp3) is 0.600. The second-order valence-corrected chi connectivity index (χ2v) is 9.26. The van der Waals surface area contributed by atoms with E-state index in [2.05, 4.69) is 11.8 Å². The molecule has 1 aromatic rings. The number of sulfonamides is 1. The Kier molecular flexibility index (Phi) is 7.87. The summed E-state index contributed by atoms with van der Waals surface area (Å²) in [5, 5.41) is 9.62. The summed E-state index contributed by atoms with van der Waals surface area (Å²) in [6, 6.07) is 4.33. The molecule has 1 aromatic carbocycles. The number of fused-ring (bicyclic) bond motifs is 1. The summed E-state index contributed by atoms with van der Waals surface area (Å²) < 4.78 is 39.1. The molecule has 0 fully saturated rings. The van der Waals surface area contributed by atoms with Crippen molar-refractivity contribution in [3.05, 3.63) is 23.8 Å². The fourth-order valence-electron chi connectivity index (χ4n) is 3.09. The van der Waals surface area contributed by atoms with E-state index in [9.17, 15) is 13.5 Å². The summed E-state index contributed by atoms with van der Waals surface area (Å²) in [7, 11) is 1.65. The molecule has 2 rings (SSSR count). The molecule has 0 radical (unpaired) electrons. The predicted molar refractivity (Wildman–Crippen MR) is 108 cm³/mol. The Morgan fingerprint density at radius 2 is 2.14 bits per heavy atom. The molecule has 0 unspecified atom stereocenters. The highest BCUT2D eigenvalue weighted by molar-refractivity contribution is 7.89. The number of aliphatic hydroxyl groups excluding tert-OH is 1. The number of nitrogens with zero attached hydrogens (tertiary/aromatic N) is 2. The third kappa shape index (κ3) is 5.25. The third-order valence-electron chi connectivity index (χ3n) is 4.66. The van der Waals surface area contributed by atoms with E-state index in [1.54, 1.807) is 26.2 Å². The van der Waals surface area contributed by atoms with Crippen molar-refractivity contribution in [2.45, 2.75) is 30.9 Å². The quantitative estimate of drug-likeness (QED) is 0.730. The Labute approximate surface area is 168 Å². The molecule has 1 heterocycles. The first-order valence-electron chi connectivity index (χ1n) is 9.26. The lowest BCUT2D eigenvalue weighted by atomic mass is 10.0. The van der Waals surface area contributed by atoms with Crippen LogP contribution in [0.3, 0.4) is 0 Å². The van der Waals surface area contributed by atoms with Gasteiger partial charge in [-0.25, -0.2) is 8.42 Å². The van der Waals surface area contributed by atoms with Gasteiger partial charge in [-0.2, -0.15) is 4.31 Å². The van der Waals surface area contributed by atoms with Gasteiger partial charge in [0.15, 0.2) is 0 Å². The van der Waals surface area contributed by atoms with Crippen LogP contribution < -0.4 is 4.74 Å². The highest BCUT2D eigenvalue weighted by Gasteiger charge is 2.37. The highest BCUT2D eigenvalue weighted by atomic mass is 32.2. The van der Waals surface area contributed by atoms with Crippen LogP contribution in [0.4, 0.5) is 0 Å². The summed E-state index contributed by atoms with van der Waals surface area (Å²) in [5.41, 5.74) is 0.657. The van der Waals surface area contributed by atoms with Crippen LogP contribution in [-0.2, 0) is 14.8 Å². The number of hydrogen-bond acceptors (Lipinski definition) is 6. The van der Waals surface area contributed by atoms with Crippen LogP contribution in [0.1, 0.15) is 19.4 Å². The van der Waals surface area contributed by atoms with E-state index in [1.165, 1.54) is 10.4 Å². The van der Waals surface area contributed by atoms with Gasteiger partial charge in [-0.1, -0.05) is 18.8 Å². The van der Waals surface area contributed by atoms with Crippen LogP contribution >= 0.6 is 0 Å². The third-order valence-corrected chi connectivity index (χ3v) is 6.68. The SMILES string of the molecule is COCC#Cc1ccc2c(c1)O[C@H](CN(C)C)[C@H](C)CN([C@@H](C)CO)S2(=O)=O. The second-order valence-electron chi connectivity index (χ2n) is 7.40. The van der Waals surface area contributed by atoms with Gasteiger partial charge in [0, 0.05) is 37.7 Å². The molecule has 8 heteroatoms. The minimum absolute atomic E-state index is 0.0671. The average molecular weight is 411 g/mol. The summed E-state index contributed by atoms with van der Waals surface area (Å²) in [4.78, 5) is 2.11. The van der Waals surface area contributed by atoms with Crippen molar-refractivity contribution in [2.75, 3.05) is 47.5 Å². The maximum Gasteiger partial charge on any atom is 0.247 e. The molecule has 28 heavy (non-hydrogen) atoms. The number of benzene rings is 1. The number of hydrogen-bond donors (Lipinski definition) is 1. The maximum atomic E-state index is 13.3. The van der Waals surface area contributed by atoms with Gasteiger partial charge in [-0.05, 0) is 39.2 Å². The fourth-order valence-corrected chi connectivity index (χ4v) is 4.92. The van der Waals surface area contributed by atoms with Crippen molar-refractivity contribution < 1.29 is 23.0 Å². The smallest absolute Gasteiger partial charge is 0.247 e. The first kappa shape index (κ1) is 22.7. The first-order valence-corrected chi connectivity index (χ1v) is 10.7. The first-order chi connectivity index (χ1) is 13.2. The molecule has 7 nitrogen and oxygen atoms in total. The van der Waals surface area contributed by atoms with E-state index in [1.807, 2.05) is 25.9 Å². The van der Waals surface area contributed by atoms with Gasteiger partial charge in [0.2, 0.25) is 10.0 Å². The van der Waals surface area contributed by atoms with Crippen molar-refractivity contribution in [1.82, 2.24) is 9.21 Å². The van der Waals surface area contributed by atoms with Gasteiger partial charge in [-0.15, -0.1) is 0 Å². The largest absolute Gasteiger partial charge is 0.487 e. The Hall–Kier alpha value is -1.63. The lowest BCUT2D eigenvalue weighted by molar-refractivity contribution is 0.0812. The van der Waals surface area contributed by atoms with E-state index in [0.29, 0.717) is 18.7 Å². The number of rotatable bonds is 5. The molecular weight excluding hydrogens is 380 g/mol. The number of ether oxygens (including phenoxy) is 2. The summed E-state index contributed by atoms with van der Waals surface area (Å²) in [6.07, 6.45) is -0.208. The monoisotopic (exact) mass is 410 g/mol. The van der Waals surface area contributed by atoms with Gasteiger partial charge in [0.05, 0.1) is 6.61 Å². The topological polar surface area (TPSA) is 79.3 Å². The van der Waals surface area contributed by atoms with Crippen molar-refractivity contribution in [3.63, 3.8) is 0 Å². The van der Waals surface area contributed by atoms with Crippen molar-refractivity contribution in [2.24, 2.45) is 5.92 Å². The number of methoxy groups -OCH3 is 1. The molecule has 0 spiro atoms. The molecule has 1 N–H and O–H groups in total. The highest BCUT2D eigenvalue weighted by Crippen LogP contribution is 2.34.